The van der Waals surface area contributed by atoms with Crippen molar-refractivity contribution in [1.82, 2.24) is 0 Å². The van der Waals surface area contributed by atoms with E-state index >= 15 is 0 Å². The Kier molecular flexibility index (Phi) is 3.14. The molecule has 0 spiro atoms. The number of nitriles is 1. The van der Waals surface area contributed by atoms with E-state index in [1.165, 1.54) is 0 Å². The standard InChI is InChI=1S/C13H12N2O2S/c1-8-6-9-4-2-3-5-10(9)11(15-8)13(18,7-14)12(16)17/h2-5,8,18H,6H2,1H3,(H,16,17). The van der Waals surface area contributed by atoms with Gasteiger partial charge in [-0.15, -0.1) is 12.6 Å². The van der Waals surface area contributed by atoms with Gasteiger partial charge in [0.2, 0.25) is 4.75 Å². The van der Waals surface area contributed by atoms with Gasteiger partial charge < -0.3 is 5.11 Å². The van der Waals surface area contributed by atoms with Crippen molar-refractivity contribution in [3.63, 3.8) is 0 Å². The highest BCUT2D eigenvalue weighted by molar-refractivity contribution is 7.84. The van der Waals surface area contributed by atoms with E-state index in [0.29, 0.717) is 5.56 Å². The van der Waals surface area contributed by atoms with Crippen LogP contribution in [0, 0.1) is 11.3 Å². The number of fused-ring (bicyclic) bond motifs is 1. The van der Waals surface area contributed by atoms with Gasteiger partial charge in [0, 0.05) is 5.56 Å². The van der Waals surface area contributed by atoms with Crippen molar-refractivity contribution in [2.24, 2.45) is 4.99 Å². The molecule has 1 aliphatic heterocycles. The summed E-state index contributed by atoms with van der Waals surface area (Å²) < 4.78 is -1.90. The number of nitrogens with zero attached hydrogens (tertiary/aromatic N) is 2. The number of rotatable bonds is 2. The summed E-state index contributed by atoms with van der Waals surface area (Å²) in [4.78, 5) is 15.6. The summed E-state index contributed by atoms with van der Waals surface area (Å²) in [5.41, 5.74) is 1.94. The Bertz CT molecular complexity index is 577. The van der Waals surface area contributed by atoms with Crippen molar-refractivity contribution in [3.05, 3.63) is 35.4 Å². The number of hydrogen-bond donors (Lipinski definition) is 2. The maximum atomic E-state index is 11.3. The quantitative estimate of drug-likeness (QED) is 0.795. The molecule has 5 heteroatoms. The van der Waals surface area contributed by atoms with Gasteiger partial charge in [0.15, 0.2) is 0 Å². The molecule has 1 N–H and O–H groups in total. The van der Waals surface area contributed by atoms with Crippen LogP contribution in [0.3, 0.4) is 0 Å². The van der Waals surface area contributed by atoms with E-state index < -0.39 is 10.7 Å². The predicted octanol–water partition coefficient (Wildman–Crippen LogP) is 1.70. The van der Waals surface area contributed by atoms with Crippen LogP contribution < -0.4 is 0 Å². The molecule has 0 saturated heterocycles. The number of aliphatic imine (C=N–C) groups is 1. The molecule has 0 bridgehead atoms. The van der Waals surface area contributed by atoms with Gasteiger partial charge in [-0.2, -0.15) is 5.26 Å². The number of carboxylic acid groups (broad SMARTS) is 1. The molecular formula is C13H12N2O2S. The van der Waals surface area contributed by atoms with Gasteiger partial charge >= 0.3 is 5.97 Å². The molecule has 0 fully saturated rings. The molecule has 0 saturated carbocycles. The third-order valence-corrected chi connectivity index (χ3v) is 3.45. The van der Waals surface area contributed by atoms with Gasteiger partial charge in [0.25, 0.3) is 0 Å². The fourth-order valence-electron chi connectivity index (χ4n) is 2.07. The van der Waals surface area contributed by atoms with Crippen molar-refractivity contribution in [2.45, 2.75) is 24.1 Å². The minimum atomic E-state index is -1.90. The van der Waals surface area contributed by atoms with Gasteiger partial charge in [-0.05, 0) is 18.9 Å². The van der Waals surface area contributed by atoms with Crippen molar-refractivity contribution < 1.29 is 9.90 Å². The SMILES string of the molecule is CC1Cc2ccccc2C(C(S)(C#N)C(=O)O)=N1. The van der Waals surface area contributed by atoms with E-state index in [0.717, 1.165) is 12.0 Å². The molecule has 1 aliphatic rings. The average Bonchev–Trinajstić information content (AvgIpc) is 2.36. The monoisotopic (exact) mass is 260 g/mol. The number of thiol groups is 1. The van der Waals surface area contributed by atoms with Crippen molar-refractivity contribution >= 4 is 24.3 Å². The number of carboxylic acids is 1. The highest BCUT2D eigenvalue weighted by Crippen LogP contribution is 2.29. The molecule has 2 rings (SSSR count). The average molecular weight is 260 g/mol. The molecule has 0 aromatic heterocycles. The van der Waals surface area contributed by atoms with Crippen LogP contribution in [0.5, 0.6) is 0 Å². The molecule has 0 aliphatic carbocycles. The summed E-state index contributed by atoms with van der Waals surface area (Å²) in [6.45, 7) is 1.89. The highest BCUT2D eigenvalue weighted by Gasteiger charge is 2.43. The molecule has 1 aromatic rings. The smallest absolute Gasteiger partial charge is 0.340 e. The molecule has 1 aromatic carbocycles. The first kappa shape index (κ1) is 12.7. The van der Waals surface area contributed by atoms with Gasteiger partial charge in [0.1, 0.15) is 0 Å². The number of hydrogen-bond acceptors (Lipinski definition) is 4. The summed E-state index contributed by atoms with van der Waals surface area (Å²) in [6, 6.07) is 9.10. The van der Waals surface area contributed by atoms with E-state index in [-0.39, 0.29) is 11.8 Å². The zero-order valence-corrected chi connectivity index (χ0v) is 10.7. The van der Waals surface area contributed by atoms with E-state index in [1.54, 1.807) is 18.2 Å². The normalized spacial score (nSPS) is 21.2. The molecular weight excluding hydrogens is 248 g/mol. The van der Waals surface area contributed by atoms with Crippen molar-refractivity contribution in [1.29, 1.82) is 5.26 Å². The lowest BCUT2D eigenvalue weighted by atomic mass is 9.88. The Labute approximate surface area is 110 Å². The largest absolute Gasteiger partial charge is 0.479 e. The Morgan fingerprint density at radius 1 is 1.61 bits per heavy atom. The maximum Gasteiger partial charge on any atom is 0.340 e. The summed E-state index contributed by atoms with van der Waals surface area (Å²) in [5.74, 6) is -1.30. The zero-order valence-electron chi connectivity index (χ0n) is 9.79. The molecule has 2 atom stereocenters. The lowest BCUT2D eigenvalue weighted by Gasteiger charge is -2.26. The van der Waals surface area contributed by atoms with Gasteiger partial charge in [0.05, 0.1) is 17.8 Å². The van der Waals surface area contributed by atoms with Gasteiger partial charge in [-0.3, -0.25) is 4.99 Å². The van der Waals surface area contributed by atoms with Crippen LogP contribution in [0.4, 0.5) is 0 Å². The first-order valence-electron chi connectivity index (χ1n) is 5.52. The Hall–Kier alpha value is -1.80. The molecule has 1 heterocycles. The third kappa shape index (κ3) is 1.89. The second-order valence-electron chi connectivity index (χ2n) is 4.32. The lowest BCUT2D eigenvalue weighted by Crippen LogP contribution is -2.43. The minimum Gasteiger partial charge on any atom is -0.479 e. The van der Waals surface area contributed by atoms with Crippen LogP contribution in [-0.2, 0) is 11.2 Å². The second kappa shape index (κ2) is 4.46. The number of aliphatic carboxylic acids is 1. The van der Waals surface area contributed by atoms with Crippen LogP contribution in [-0.4, -0.2) is 27.6 Å². The highest BCUT2D eigenvalue weighted by atomic mass is 32.1. The van der Waals surface area contributed by atoms with Crippen LogP contribution in [0.2, 0.25) is 0 Å². The lowest BCUT2D eigenvalue weighted by molar-refractivity contribution is -0.136. The van der Waals surface area contributed by atoms with E-state index in [9.17, 15) is 9.90 Å². The fourth-order valence-corrected chi connectivity index (χ4v) is 2.25. The first-order valence-corrected chi connectivity index (χ1v) is 5.97. The van der Waals surface area contributed by atoms with Crippen LogP contribution in [0.25, 0.3) is 0 Å². The molecule has 4 nitrogen and oxygen atoms in total. The Morgan fingerprint density at radius 2 is 2.28 bits per heavy atom. The zero-order chi connectivity index (χ0) is 13.3. The Balaban J connectivity index is 2.63. The van der Waals surface area contributed by atoms with Crippen LogP contribution >= 0.6 is 12.6 Å². The van der Waals surface area contributed by atoms with Crippen LogP contribution in [0.1, 0.15) is 18.1 Å². The summed E-state index contributed by atoms with van der Waals surface area (Å²) in [7, 11) is 0. The van der Waals surface area contributed by atoms with E-state index in [4.69, 9.17) is 5.26 Å². The Morgan fingerprint density at radius 3 is 2.89 bits per heavy atom. The predicted molar refractivity (Wildman–Crippen MR) is 71.1 cm³/mol. The first-order chi connectivity index (χ1) is 8.49. The molecule has 0 amide bonds. The van der Waals surface area contributed by atoms with Crippen molar-refractivity contribution in [2.75, 3.05) is 0 Å². The summed E-state index contributed by atoms with van der Waals surface area (Å²) in [6.07, 6.45) is 0.745. The van der Waals surface area contributed by atoms with Crippen LogP contribution in [0.15, 0.2) is 29.3 Å². The molecule has 18 heavy (non-hydrogen) atoms. The minimum absolute atomic E-state index is 0.0471. The molecule has 0 radical (unpaired) electrons. The fraction of sp³-hybridized carbons (Fsp3) is 0.308. The summed E-state index contributed by atoms with van der Waals surface area (Å²) in [5, 5.41) is 18.3. The second-order valence-corrected chi connectivity index (χ2v) is 4.99. The summed E-state index contributed by atoms with van der Waals surface area (Å²) >= 11 is 4.03. The van der Waals surface area contributed by atoms with Gasteiger partial charge in [-0.1, -0.05) is 24.3 Å². The van der Waals surface area contributed by atoms with E-state index in [1.807, 2.05) is 19.1 Å². The third-order valence-electron chi connectivity index (χ3n) is 2.95. The molecule has 2 unspecified atom stereocenters. The van der Waals surface area contributed by atoms with Crippen molar-refractivity contribution in [3.8, 4) is 6.07 Å². The molecule has 92 valence electrons. The maximum absolute atomic E-state index is 11.3. The van der Waals surface area contributed by atoms with Gasteiger partial charge in [-0.25, -0.2) is 4.79 Å². The number of carbonyl (C=O) groups is 1. The topological polar surface area (TPSA) is 73.5 Å². The van der Waals surface area contributed by atoms with E-state index in [2.05, 4.69) is 17.6 Å². The number of benzene rings is 1.